The Balaban J connectivity index is 1.54. The van der Waals surface area contributed by atoms with Gasteiger partial charge in [-0.25, -0.2) is 0 Å². The van der Waals surface area contributed by atoms with Crippen molar-refractivity contribution >= 4 is 17.7 Å². The molecule has 3 amide bonds. The van der Waals surface area contributed by atoms with Crippen LogP contribution < -0.4 is 5.32 Å². The van der Waals surface area contributed by atoms with Gasteiger partial charge in [-0.15, -0.1) is 0 Å². The number of nitrogens with zero attached hydrogens (tertiary/aromatic N) is 3. The smallest absolute Gasteiger partial charge is 0.255 e. The molecular weight excluding hydrogens is 396 g/mol. The van der Waals surface area contributed by atoms with Crippen LogP contribution in [0, 0.1) is 0 Å². The number of pyridine rings is 1. The summed E-state index contributed by atoms with van der Waals surface area (Å²) < 4.78 is 0. The molecule has 2 aromatic rings. The van der Waals surface area contributed by atoms with Crippen molar-refractivity contribution in [3.63, 3.8) is 0 Å². The Kier molecular flexibility index (Phi) is 5.84. The fourth-order valence-electron chi connectivity index (χ4n) is 4.05. The minimum atomic E-state index is -0.619. The Hall–Kier alpha value is -3.10. The quantitative estimate of drug-likeness (QED) is 0.681. The van der Waals surface area contributed by atoms with Crippen LogP contribution in [0.25, 0.3) is 11.3 Å². The first kappa shape index (κ1) is 21.1. The fraction of sp³-hybridized carbons (Fsp3) is 0.391. The van der Waals surface area contributed by atoms with Gasteiger partial charge in [-0.3, -0.25) is 29.6 Å². The molecule has 1 fully saturated rings. The van der Waals surface area contributed by atoms with Gasteiger partial charge in [-0.2, -0.15) is 0 Å². The molecule has 1 saturated heterocycles. The van der Waals surface area contributed by atoms with E-state index in [-0.39, 0.29) is 30.9 Å². The first-order valence-electron chi connectivity index (χ1n) is 10.4. The standard InChI is InChI=1S/C23H26N4O4/c1-14(13-28)26(2)11-15-7-8-24-19(9-15)16-3-4-18-17(10-16)12-27(23(18)31)20-5-6-21(29)25-22(20)30/h3-4,7-10,14,20,28H,5-6,11-13H2,1-2H3,(H,25,29,30). The van der Waals surface area contributed by atoms with Gasteiger partial charge in [0, 0.05) is 42.9 Å². The molecule has 8 heteroatoms. The monoisotopic (exact) mass is 422 g/mol. The molecule has 3 heterocycles. The Morgan fingerprint density at radius 3 is 2.81 bits per heavy atom. The van der Waals surface area contributed by atoms with E-state index in [2.05, 4.69) is 15.2 Å². The molecule has 0 saturated carbocycles. The summed E-state index contributed by atoms with van der Waals surface area (Å²) in [7, 11) is 1.96. The molecule has 1 aromatic heterocycles. The molecule has 162 valence electrons. The van der Waals surface area contributed by atoms with E-state index in [1.165, 1.54) is 0 Å². The molecule has 2 atom stereocenters. The van der Waals surface area contributed by atoms with Gasteiger partial charge in [0.05, 0.1) is 12.3 Å². The van der Waals surface area contributed by atoms with Gasteiger partial charge in [-0.1, -0.05) is 6.07 Å². The van der Waals surface area contributed by atoms with E-state index in [0.717, 1.165) is 22.4 Å². The number of hydrogen-bond donors (Lipinski definition) is 2. The Morgan fingerprint density at radius 2 is 2.06 bits per heavy atom. The number of carbonyl (C=O) groups excluding carboxylic acids is 3. The lowest BCUT2D eigenvalue weighted by Crippen LogP contribution is -2.52. The second-order valence-corrected chi connectivity index (χ2v) is 8.27. The molecule has 2 aliphatic heterocycles. The summed E-state index contributed by atoms with van der Waals surface area (Å²) in [5, 5.41) is 11.7. The van der Waals surface area contributed by atoms with Gasteiger partial charge in [0.2, 0.25) is 11.8 Å². The highest BCUT2D eigenvalue weighted by atomic mass is 16.3. The van der Waals surface area contributed by atoms with Gasteiger partial charge in [0.1, 0.15) is 6.04 Å². The topological polar surface area (TPSA) is 103 Å². The summed E-state index contributed by atoms with van der Waals surface area (Å²) >= 11 is 0. The van der Waals surface area contributed by atoms with Crippen molar-refractivity contribution in [1.29, 1.82) is 0 Å². The first-order valence-corrected chi connectivity index (χ1v) is 10.4. The highest BCUT2D eigenvalue weighted by Crippen LogP contribution is 2.31. The molecule has 2 aliphatic rings. The molecule has 0 bridgehead atoms. The van der Waals surface area contributed by atoms with Crippen molar-refractivity contribution < 1.29 is 19.5 Å². The third-order valence-electron chi connectivity index (χ3n) is 6.09. The number of carbonyl (C=O) groups is 3. The number of likely N-dealkylation sites (N-methyl/N-ethyl adjacent to an activating group) is 1. The second kappa shape index (κ2) is 8.56. The maximum absolute atomic E-state index is 12.9. The largest absolute Gasteiger partial charge is 0.395 e. The number of aliphatic hydroxyl groups is 1. The van der Waals surface area contributed by atoms with Crippen molar-refractivity contribution in [3.8, 4) is 11.3 Å². The van der Waals surface area contributed by atoms with Crippen LogP contribution in [0.2, 0.25) is 0 Å². The van der Waals surface area contributed by atoms with E-state index in [1.807, 2.05) is 38.2 Å². The van der Waals surface area contributed by atoms with Crippen molar-refractivity contribution in [3.05, 3.63) is 53.2 Å². The second-order valence-electron chi connectivity index (χ2n) is 8.27. The average molecular weight is 422 g/mol. The van der Waals surface area contributed by atoms with E-state index in [1.54, 1.807) is 17.2 Å². The lowest BCUT2D eigenvalue weighted by molar-refractivity contribution is -0.136. The molecule has 0 spiro atoms. The van der Waals surface area contributed by atoms with E-state index in [9.17, 15) is 19.5 Å². The normalized spacial score (nSPS) is 19.5. The van der Waals surface area contributed by atoms with Crippen LogP contribution in [-0.4, -0.2) is 63.4 Å². The average Bonchev–Trinajstić information content (AvgIpc) is 3.09. The summed E-state index contributed by atoms with van der Waals surface area (Å²) in [6, 6.07) is 9.01. The number of hydrogen-bond acceptors (Lipinski definition) is 6. The number of piperidine rings is 1. The lowest BCUT2D eigenvalue weighted by Gasteiger charge is -2.29. The third kappa shape index (κ3) is 4.22. The van der Waals surface area contributed by atoms with Gasteiger partial charge in [0.15, 0.2) is 0 Å². The number of nitrogens with one attached hydrogen (secondary N) is 1. The van der Waals surface area contributed by atoms with Gasteiger partial charge in [0.25, 0.3) is 5.91 Å². The molecular formula is C23H26N4O4. The van der Waals surface area contributed by atoms with Gasteiger partial charge < -0.3 is 10.0 Å². The van der Waals surface area contributed by atoms with Crippen LogP contribution in [0.15, 0.2) is 36.5 Å². The molecule has 0 aliphatic carbocycles. The van der Waals surface area contributed by atoms with E-state index >= 15 is 0 Å². The molecule has 31 heavy (non-hydrogen) atoms. The van der Waals surface area contributed by atoms with Crippen LogP contribution in [-0.2, 0) is 22.7 Å². The minimum absolute atomic E-state index is 0.0564. The highest BCUT2D eigenvalue weighted by molar-refractivity contribution is 6.05. The summed E-state index contributed by atoms with van der Waals surface area (Å²) in [6.07, 6.45) is 2.35. The van der Waals surface area contributed by atoms with Gasteiger partial charge >= 0.3 is 0 Å². The molecule has 4 rings (SSSR count). The zero-order chi connectivity index (χ0) is 22.1. The van der Waals surface area contributed by atoms with Crippen LogP contribution in [0.1, 0.15) is 41.3 Å². The van der Waals surface area contributed by atoms with Gasteiger partial charge in [-0.05, 0) is 55.8 Å². The number of rotatable bonds is 6. The number of aromatic nitrogens is 1. The third-order valence-corrected chi connectivity index (χ3v) is 6.09. The van der Waals surface area contributed by atoms with Crippen molar-refractivity contribution in [2.45, 2.75) is 44.9 Å². The predicted octanol–water partition coefficient (Wildman–Crippen LogP) is 1.32. The van der Waals surface area contributed by atoms with Crippen LogP contribution in [0.3, 0.4) is 0 Å². The van der Waals surface area contributed by atoms with Crippen molar-refractivity contribution in [1.82, 2.24) is 20.1 Å². The molecule has 8 nitrogen and oxygen atoms in total. The van der Waals surface area contributed by atoms with E-state index in [0.29, 0.717) is 25.1 Å². The first-order chi connectivity index (χ1) is 14.9. The number of benzene rings is 1. The molecule has 2 unspecified atom stereocenters. The summed E-state index contributed by atoms with van der Waals surface area (Å²) in [5.41, 5.74) is 4.22. The summed E-state index contributed by atoms with van der Waals surface area (Å²) in [4.78, 5) is 44.6. The Bertz CT molecular complexity index is 1040. The maximum atomic E-state index is 12.9. The zero-order valence-corrected chi connectivity index (χ0v) is 17.7. The van der Waals surface area contributed by atoms with E-state index in [4.69, 9.17) is 0 Å². The Labute approximate surface area is 180 Å². The zero-order valence-electron chi connectivity index (χ0n) is 17.7. The summed E-state index contributed by atoms with van der Waals surface area (Å²) in [5.74, 6) is -0.886. The number of imide groups is 1. The lowest BCUT2D eigenvalue weighted by atomic mass is 10.0. The minimum Gasteiger partial charge on any atom is -0.395 e. The molecule has 0 radical (unpaired) electrons. The number of fused-ring (bicyclic) bond motifs is 1. The van der Waals surface area contributed by atoms with Crippen molar-refractivity contribution in [2.24, 2.45) is 0 Å². The number of aliphatic hydroxyl groups excluding tert-OH is 1. The SMILES string of the molecule is CC(CO)N(C)Cc1ccnc(-c2ccc3c(c2)CN(C2CCC(=O)NC2=O)C3=O)c1. The fourth-order valence-corrected chi connectivity index (χ4v) is 4.05. The Morgan fingerprint density at radius 1 is 1.26 bits per heavy atom. The van der Waals surface area contributed by atoms with Crippen LogP contribution >= 0.6 is 0 Å². The molecule has 2 N–H and O–H groups in total. The summed E-state index contributed by atoms with van der Waals surface area (Å²) in [6.45, 7) is 3.08. The van der Waals surface area contributed by atoms with Crippen LogP contribution in [0.5, 0.6) is 0 Å². The predicted molar refractivity (Wildman–Crippen MR) is 114 cm³/mol. The molecule has 1 aromatic carbocycles. The maximum Gasteiger partial charge on any atom is 0.255 e. The van der Waals surface area contributed by atoms with Crippen LogP contribution in [0.4, 0.5) is 0 Å². The van der Waals surface area contributed by atoms with Crippen molar-refractivity contribution in [2.75, 3.05) is 13.7 Å². The highest BCUT2D eigenvalue weighted by Gasteiger charge is 2.39. The van der Waals surface area contributed by atoms with E-state index < -0.39 is 11.9 Å². The number of amides is 3.